The van der Waals surface area contributed by atoms with E-state index in [1.54, 1.807) is 17.0 Å². The molecule has 4 heteroatoms. The number of nitriles is 1. The molecule has 0 saturated carbocycles. The fourth-order valence-corrected chi connectivity index (χ4v) is 1.90. The van der Waals surface area contributed by atoms with Crippen LogP contribution in [0.15, 0.2) is 48.7 Å². The molecule has 4 nitrogen and oxygen atoms in total. The van der Waals surface area contributed by atoms with Crippen LogP contribution in [0, 0.1) is 11.3 Å². The minimum atomic E-state index is -0.0756. The number of carbonyl (C=O) groups is 1. The van der Waals surface area contributed by atoms with Crippen LogP contribution in [0.4, 0.5) is 0 Å². The molecule has 0 atom stereocenters. The van der Waals surface area contributed by atoms with Crippen molar-refractivity contribution in [1.82, 2.24) is 9.88 Å². The number of pyridine rings is 1. The van der Waals surface area contributed by atoms with Crippen molar-refractivity contribution in [3.63, 3.8) is 0 Å². The third-order valence-corrected chi connectivity index (χ3v) is 3.01. The van der Waals surface area contributed by atoms with E-state index in [0.717, 1.165) is 5.56 Å². The summed E-state index contributed by atoms with van der Waals surface area (Å²) < 4.78 is 0. The molecule has 1 aromatic carbocycles. The van der Waals surface area contributed by atoms with E-state index in [9.17, 15) is 4.79 Å². The lowest BCUT2D eigenvalue weighted by Crippen LogP contribution is -2.30. The Morgan fingerprint density at radius 3 is 2.55 bits per heavy atom. The molecule has 2 rings (SSSR count). The number of hydrogen-bond acceptors (Lipinski definition) is 3. The van der Waals surface area contributed by atoms with Crippen molar-refractivity contribution in [1.29, 1.82) is 5.26 Å². The lowest BCUT2D eigenvalue weighted by molar-refractivity contribution is 0.0752. The van der Waals surface area contributed by atoms with Crippen LogP contribution in [0.3, 0.4) is 0 Å². The van der Waals surface area contributed by atoms with Crippen molar-refractivity contribution in [2.75, 3.05) is 6.54 Å². The molecule has 0 radical (unpaired) electrons. The Hall–Kier alpha value is -2.67. The largest absolute Gasteiger partial charge is 0.335 e. The van der Waals surface area contributed by atoms with Gasteiger partial charge in [-0.25, -0.2) is 4.98 Å². The lowest BCUT2D eigenvalue weighted by Gasteiger charge is -2.21. The fourth-order valence-electron chi connectivity index (χ4n) is 1.90. The number of carbonyl (C=O) groups excluding carboxylic acids is 1. The zero-order chi connectivity index (χ0) is 14.4. The maximum atomic E-state index is 12.4. The maximum absolute atomic E-state index is 12.4. The van der Waals surface area contributed by atoms with E-state index in [4.69, 9.17) is 5.26 Å². The monoisotopic (exact) mass is 265 g/mol. The number of aromatic nitrogens is 1. The first-order valence-electron chi connectivity index (χ1n) is 6.44. The summed E-state index contributed by atoms with van der Waals surface area (Å²) in [5.74, 6) is -0.0756. The molecule has 0 spiro atoms. The van der Waals surface area contributed by atoms with Crippen molar-refractivity contribution >= 4 is 5.91 Å². The van der Waals surface area contributed by atoms with Gasteiger partial charge in [0.1, 0.15) is 11.8 Å². The van der Waals surface area contributed by atoms with Gasteiger partial charge in [0.15, 0.2) is 0 Å². The number of benzene rings is 1. The van der Waals surface area contributed by atoms with Gasteiger partial charge in [0.25, 0.3) is 5.91 Å². The summed E-state index contributed by atoms with van der Waals surface area (Å²) in [5.41, 5.74) is 1.90. The van der Waals surface area contributed by atoms with Crippen LogP contribution in [-0.2, 0) is 6.54 Å². The highest BCUT2D eigenvalue weighted by Gasteiger charge is 2.14. The predicted octanol–water partition coefficient (Wildman–Crippen LogP) is 2.62. The highest BCUT2D eigenvalue weighted by atomic mass is 16.2. The van der Waals surface area contributed by atoms with Gasteiger partial charge < -0.3 is 4.90 Å². The number of rotatable bonds is 4. The molecule has 1 amide bonds. The van der Waals surface area contributed by atoms with Crippen molar-refractivity contribution in [2.24, 2.45) is 0 Å². The van der Waals surface area contributed by atoms with Gasteiger partial charge in [-0.3, -0.25) is 4.79 Å². The Morgan fingerprint density at radius 2 is 2.00 bits per heavy atom. The molecule has 0 fully saturated rings. The Bertz CT molecular complexity index is 614. The van der Waals surface area contributed by atoms with Crippen LogP contribution in [0.5, 0.6) is 0 Å². The first-order chi connectivity index (χ1) is 9.74. The minimum absolute atomic E-state index is 0.0756. The van der Waals surface area contributed by atoms with Gasteiger partial charge in [0, 0.05) is 19.3 Å². The second kappa shape index (κ2) is 6.48. The summed E-state index contributed by atoms with van der Waals surface area (Å²) in [7, 11) is 0. The Kier molecular flexibility index (Phi) is 4.46. The van der Waals surface area contributed by atoms with Crippen LogP contribution < -0.4 is 0 Å². The molecule has 0 aliphatic carbocycles. The molecule has 0 saturated heterocycles. The van der Waals surface area contributed by atoms with Crippen LogP contribution in [0.1, 0.15) is 28.5 Å². The molecule has 0 unspecified atom stereocenters. The molecule has 1 aromatic heterocycles. The normalized spacial score (nSPS) is 9.80. The quantitative estimate of drug-likeness (QED) is 0.853. The van der Waals surface area contributed by atoms with E-state index in [1.165, 1.54) is 6.20 Å². The summed E-state index contributed by atoms with van der Waals surface area (Å²) in [6.45, 7) is 3.13. The van der Waals surface area contributed by atoms with Gasteiger partial charge in [-0.2, -0.15) is 5.26 Å². The van der Waals surface area contributed by atoms with Gasteiger partial charge >= 0.3 is 0 Å². The average Bonchev–Trinajstić information content (AvgIpc) is 2.53. The van der Waals surface area contributed by atoms with E-state index >= 15 is 0 Å². The summed E-state index contributed by atoms with van der Waals surface area (Å²) in [6, 6.07) is 15.0. The summed E-state index contributed by atoms with van der Waals surface area (Å²) in [4.78, 5) is 18.1. The molecule has 0 bridgehead atoms. The summed E-state index contributed by atoms with van der Waals surface area (Å²) in [5, 5.41) is 8.71. The zero-order valence-corrected chi connectivity index (χ0v) is 11.3. The predicted molar refractivity (Wildman–Crippen MR) is 75.8 cm³/mol. The van der Waals surface area contributed by atoms with Crippen molar-refractivity contribution < 1.29 is 4.79 Å². The van der Waals surface area contributed by atoms with Crippen LogP contribution >= 0.6 is 0 Å². The molecular formula is C16H15N3O. The highest BCUT2D eigenvalue weighted by molar-refractivity contribution is 5.93. The molecule has 0 aliphatic rings. The smallest absolute Gasteiger partial charge is 0.255 e. The van der Waals surface area contributed by atoms with Gasteiger partial charge in [-0.1, -0.05) is 30.3 Å². The number of nitrogens with zero attached hydrogens (tertiary/aromatic N) is 3. The van der Waals surface area contributed by atoms with Gasteiger partial charge in [0.2, 0.25) is 0 Å². The fraction of sp³-hybridized carbons (Fsp3) is 0.188. The van der Waals surface area contributed by atoms with E-state index in [1.807, 2.05) is 43.3 Å². The molecule has 0 aliphatic heterocycles. The number of hydrogen-bond donors (Lipinski definition) is 0. The van der Waals surface area contributed by atoms with E-state index in [0.29, 0.717) is 24.3 Å². The SMILES string of the molecule is CCN(Cc1ccccc1)C(=O)c1ccc(C#N)nc1. The first kappa shape index (κ1) is 13.8. The molecule has 1 heterocycles. The third kappa shape index (κ3) is 3.21. The van der Waals surface area contributed by atoms with E-state index < -0.39 is 0 Å². The second-order valence-corrected chi connectivity index (χ2v) is 4.35. The Labute approximate surface area is 118 Å². The van der Waals surface area contributed by atoms with E-state index in [2.05, 4.69) is 4.98 Å². The second-order valence-electron chi connectivity index (χ2n) is 4.35. The van der Waals surface area contributed by atoms with Crippen LogP contribution in [0.25, 0.3) is 0 Å². The first-order valence-corrected chi connectivity index (χ1v) is 6.44. The van der Waals surface area contributed by atoms with Crippen molar-refractivity contribution in [3.8, 4) is 6.07 Å². The van der Waals surface area contributed by atoms with E-state index in [-0.39, 0.29) is 5.91 Å². The van der Waals surface area contributed by atoms with Crippen molar-refractivity contribution in [2.45, 2.75) is 13.5 Å². The van der Waals surface area contributed by atoms with Crippen LogP contribution in [-0.4, -0.2) is 22.3 Å². The average molecular weight is 265 g/mol. The highest BCUT2D eigenvalue weighted by Crippen LogP contribution is 2.09. The standard InChI is InChI=1S/C16H15N3O/c1-2-19(12-13-6-4-3-5-7-13)16(20)14-8-9-15(10-17)18-11-14/h3-9,11H,2,12H2,1H3. The van der Waals surface area contributed by atoms with Crippen molar-refractivity contribution in [3.05, 3.63) is 65.5 Å². The molecule has 2 aromatic rings. The van der Waals surface area contributed by atoms with Gasteiger partial charge in [0.05, 0.1) is 5.56 Å². The molecular weight excluding hydrogens is 250 g/mol. The third-order valence-electron chi connectivity index (χ3n) is 3.01. The maximum Gasteiger partial charge on any atom is 0.255 e. The minimum Gasteiger partial charge on any atom is -0.335 e. The molecule has 0 N–H and O–H groups in total. The van der Waals surface area contributed by atoms with Crippen LogP contribution in [0.2, 0.25) is 0 Å². The molecule has 20 heavy (non-hydrogen) atoms. The Morgan fingerprint density at radius 1 is 1.25 bits per heavy atom. The van der Waals surface area contributed by atoms with Gasteiger partial charge in [-0.05, 0) is 24.6 Å². The Balaban J connectivity index is 2.14. The van der Waals surface area contributed by atoms with Gasteiger partial charge in [-0.15, -0.1) is 0 Å². The summed E-state index contributed by atoms with van der Waals surface area (Å²) >= 11 is 0. The zero-order valence-electron chi connectivity index (χ0n) is 11.3. The molecule has 100 valence electrons. The topological polar surface area (TPSA) is 57.0 Å². The summed E-state index contributed by atoms with van der Waals surface area (Å²) in [6.07, 6.45) is 1.45. The number of amides is 1. The lowest BCUT2D eigenvalue weighted by atomic mass is 10.2.